The molecule has 6 nitrogen and oxygen atoms in total. The summed E-state index contributed by atoms with van der Waals surface area (Å²) in [4.78, 5) is 25.6. The minimum absolute atomic E-state index is 0.0921. The summed E-state index contributed by atoms with van der Waals surface area (Å²) in [6.45, 7) is 7.14. The van der Waals surface area contributed by atoms with Gasteiger partial charge in [0, 0.05) is 29.9 Å². The van der Waals surface area contributed by atoms with Gasteiger partial charge in [0.05, 0.1) is 11.6 Å². The fourth-order valence-electron chi connectivity index (χ4n) is 4.05. The van der Waals surface area contributed by atoms with Gasteiger partial charge < -0.3 is 9.88 Å². The maximum absolute atomic E-state index is 13.1. The van der Waals surface area contributed by atoms with Crippen LogP contribution in [0.2, 0.25) is 0 Å². The van der Waals surface area contributed by atoms with E-state index in [1.807, 2.05) is 44.2 Å². The van der Waals surface area contributed by atoms with Gasteiger partial charge in [-0.05, 0) is 38.3 Å². The lowest BCUT2D eigenvalue weighted by Crippen LogP contribution is -2.34. The van der Waals surface area contributed by atoms with Crippen LogP contribution in [0.4, 0.5) is 0 Å². The molecule has 0 radical (unpaired) electrons. The zero-order chi connectivity index (χ0) is 22.7. The van der Waals surface area contributed by atoms with Crippen LogP contribution in [0.1, 0.15) is 28.1 Å². The Bertz CT molecular complexity index is 1300. The number of amides is 1. The second-order valence-electron chi connectivity index (χ2n) is 8.22. The Labute approximate surface area is 187 Å². The zero-order valence-corrected chi connectivity index (χ0v) is 18.8. The van der Waals surface area contributed by atoms with Crippen molar-refractivity contribution in [2.75, 3.05) is 6.54 Å². The number of aromatic nitrogens is 3. The Morgan fingerprint density at radius 3 is 2.38 bits per heavy atom. The van der Waals surface area contributed by atoms with Crippen molar-refractivity contribution in [2.24, 2.45) is 0 Å². The number of aryl methyl sites for hydroxylation is 3. The van der Waals surface area contributed by atoms with Crippen LogP contribution in [0.5, 0.6) is 0 Å². The standard InChI is InChI=1S/C26H28N4O2/c1-18-9-11-22(12-10-18)16-29-19(2)23-15-28-30(26(32)25(23)20(29)3)17-24(31)27-14-13-21-7-5-4-6-8-21/h4-12,15H,13-14,16-17H2,1-3H3,(H,27,31). The zero-order valence-electron chi connectivity index (χ0n) is 18.8. The first kappa shape index (κ1) is 21.6. The summed E-state index contributed by atoms with van der Waals surface area (Å²) in [5, 5.41) is 8.62. The highest BCUT2D eigenvalue weighted by atomic mass is 16.2. The van der Waals surface area contributed by atoms with Crippen LogP contribution in [-0.2, 0) is 24.3 Å². The van der Waals surface area contributed by atoms with Gasteiger partial charge in [-0.1, -0.05) is 60.2 Å². The molecule has 0 fully saturated rings. The summed E-state index contributed by atoms with van der Waals surface area (Å²) < 4.78 is 3.39. The molecule has 0 saturated heterocycles. The van der Waals surface area contributed by atoms with Crippen molar-refractivity contribution >= 4 is 16.7 Å². The highest BCUT2D eigenvalue weighted by molar-refractivity contribution is 5.87. The number of nitrogens with one attached hydrogen (secondary N) is 1. The lowest BCUT2D eigenvalue weighted by atomic mass is 10.1. The molecule has 164 valence electrons. The van der Waals surface area contributed by atoms with Crippen LogP contribution < -0.4 is 10.9 Å². The molecule has 0 spiro atoms. The van der Waals surface area contributed by atoms with Gasteiger partial charge in [-0.2, -0.15) is 5.10 Å². The number of carbonyl (C=O) groups is 1. The summed E-state index contributed by atoms with van der Waals surface area (Å²) >= 11 is 0. The van der Waals surface area contributed by atoms with E-state index in [4.69, 9.17) is 0 Å². The monoisotopic (exact) mass is 428 g/mol. The molecule has 0 atom stereocenters. The van der Waals surface area contributed by atoms with Crippen molar-refractivity contribution in [1.29, 1.82) is 0 Å². The number of hydrogen-bond donors (Lipinski definition) is 1. The summed E-state index contributed by atoms with van der Waals surface area (Å²) in [7, 11) is 0. The average molecular weight is 429 g/mol. The number of carbonyl (C=O) groups excluding carboxylic acids is 1. The van der Waals surface area contributed by atoms with Gasteiger partial charge in [-0.15, -0.1) is 0 Å². The van der Waals surface area contributed by atoms with Crippen LogP contribution in [0, 0.1) is 20.8 Å². The molecule has 1 amide bonds. The molecule has 4 rings (SSSR count). The van der Waals surface area contributed by atoms with E-state index in [1.54, 1.807) is 6.20 Å². The SMILES string of the molecule is Cc1ccc(Cn2c(C)c3cnn(CC(=O)NCCc4ccccc4)c(=O)c3c2C)cc1. The van der Waals surface area contributed by atoms with Gasteiger partial charge in [0.25, 0.3) is 5.56 Å². The first-order valence-electron chi connectivity index (χ1n) is 10.9. The number of fused-ring (bicyclic) bond motifs is 1. The maximum Gasteiger partial charge on any atom is 0.276 e. The second kappa shape index (κ2) is 9.22. The van der Waals surface area contributed by atoms with Crippen molar-refractivity contribution in [1.82, 2.24) is 19.7 Å². The molecule has 4 aromatic rings. The third-order valence-electron chi connectivity index (χ3n) is 5.94. The quantitative estimate of drug-likeness (QED) is 0.490. The smallest absolute Gasteiger partial charge is 0.276 e. The summed E-state index contributed by atoms with van der Waals surface area (Å²) in [6.07, 6.45) is 2.44. The molecule has 2 aromatic carbocycles. The first-order valence-corrected chi connectivity index (χ1v) is 10.9. The summed E-state index contributed by atoms with van der Waals surface area (Å²) in [5.41, 5.74) is 5.21. The van der Waals surface area contributed by atoms with Crippen LogP contribution in [0.25, 0.3) is 10.8 Å². The average Bonchev–Trinajstić information content (AvgIpc) is 3.03. The topological polar surface area (TPSA) is 68.9 Å². The van der Waals surface area contributed by atoms with Gasteiger partial charge in [0.15, 0.2) is 0 Å². The normalized spacial score (nSPS) is 11.1. The van der Waals surface area contributed by atoms with Crippen LogP contribution in [0.15, 0.2) is 65.6 Å². The lowest BCUT2D eigenvalue weighted by Gasteiger charge is -2.09. The molecule has 0 unspecified atom stereocenters. The number of benzene rings is 2. The van der Waals surface area contributed by atoms with E-state index < -0.39 is 0 Å². The maximum atomic E-state index is 13.1. The van der Waals surface area contributed by atoms with Gasteiger partial charge in [0.2, 0.25) is 5.91 Å². The molecule has 2 aromatic heterocycles. The molecule has 0 aliphatic carbocycles. The van der Waals surface area contributed by atoms with E-state index in [2.05, 4.69) is 46.2 Å². The number of rotatable bonds is 7. The van der Waals surface area contributed by atoms with Gasteiger partial charge >= 0.3 is 0 Å². The molecule has 32 heavy (non-hydrogen) atoms. The Morgan fingerprint density at radius 2 is 1.66 bits per heavy atom. The molecular formula is C26H28N4O2. The van der Waals surface area contributed by atoms with E-state index in [1.165, 1.54) is 15.8 Å². The molecule has 0 aliphatic heterocycles. The largest absolute Gasteiger partial charge is 0.354 e. The second-order valence-corrected chi connectivity index (χ2v) is 8.22. The van der Waals surface area contributed by atoms with Crippen molar-refractivity contribution < 1.29 is 4.79 Å². The molecule has 1 N–H and O–H groups in total. The number of nitrogens with zero attached hydrogens (tertiary/aromatic N) is 3. The van der Waals surface area contributed by atoms with Crippen LogP contribution >= 0.6 is 0 Å². The number of hydrogen-bond acceptors (Lipinski definition) is 3. The van der Waals surface area contributed by atoms with Crippen molar-refractivity contribution in [2.45, 2.75) is 40.3 Å². The Morgan fingerprint density at radius 1 is 0.938 bits per heavy atom. The fraction of sp³-hybridized carbons (Fsp3) is 0.269. The fourth-order valence-corrected chi connectivity index (χ4v) is 4.05. The third kappa shape index (κ3) is 4.49. The highest BCUT2D eigenvalue weighted by Gasteiger charge is 2.17. The van der Waals surface area contributed by atoms with Gasteiger partial charge in [0.1, 0.15) is 6.54 Å². The lowest BCUT2D eigenvalue weighted by molar-refractivity contribution is -0.121. The molecule has 6 heteroatoms. The molecule has 0 bridgehead atoms. The Kier molecular flexibility index (Phi) is 6.21. The minimum atomic E-state index is -0.232. The molecule has 2 heterocycles. The Hall–Kier alpha value is -3.67. The van der Waals surface area contributed by atoms with Crippen LogP contribution in [0.3, 0.4) is 0 Å². The van der Waals surface area contributed by atoms with Crippen LogP contribution in [-0.4, -0.2) is 26.8 Å². The predicted molar refractivity (Wildman–Crippen MR) is 127 cm³/mol. The van der Waals surface area contributed by atoms with E-state index in [-0.39, 0.29) is 18.0 Å². The highest BCUT2D eigenvalue weighted by Crippen LogP contribution is 2.23. The minimum Gasteiger partial charge on any atom is -0.354 e. The van der Waals surface area contributed by atoms with Gasteiger partial charge in [-0.25, -0.2) is 4.68 Å². The van der Waals surface area contributed by atoms with Crippen molar-refractivity contribution in [3.63, 3.8) is 0 Å². The van der Waals surface area contributed by atoms with E-state index in [0.29, 0.717) is 18.5 Å². The Balaban J connectivity index is 1.51. The van der Waals surface area contributed by atoms with E-state index >= 15 is 0 Å². The van der Waals surface area contributed by atoms with Gasteiger partial charge in [-0.3, -0.25) is 9.59 Å². The van der Waals surface area contributed by atoms with Crippen molar-refractivity contribution in [3.8, 4) is 0 Å². The van der Waals surface area contributed by atoms with E-state index in [0.717, 1.165) is 28.8 Å². The molecular weight excluding hydrogens is 400 g/mol. The third-order valence-corrected chi connectivity index (χ3v) is 5.94. The summed E-state index contributed by atoms with van der Waals surface area (Å²) in [5.74, 6) is -0.219. The summed E-state index contributed by atoms with van der Waals surface area (Å²) in [6, 6.07) is 18.4. The predicted octanol–water partition coefficient (Wildman–Crippen LogP) is 3.53. The van der Waals surface area contributed by atoms with Crippen molar-refractivity contribution in [3.05, 3.63) is 99.2 Å². The first-order chi connectivity index (χ1) is 15.4. The van der Waals surface area contributed by atoms with E-state index in [9.17, 15) is 9.59 Å². The molecule has 0 aliphatic rings. The molecule has 0 saturated carbocycles.